The van der Waals surface area contributed by atoms with Crippen LogP contribution in [0.15, 0.2) is 53.0 Å². The van der Waals surface area contributed by atoms with Gasteiger partial charge in [-0.1, -0.05) is 42.9 Å². The summed E-state index contributed by atoms with van der Waals surface area (Å²) in [6.07, 6.45) is 14.0. The van der Waals surface area contributed by atoms with Crippen molar-refractivity contribution in [1.82, 2.24) is 9.80 Å². The van der Waals surface area contributed by atoms with Crippen LogP contribution in [0.25, 0.3) is 0 Å². The maximum atomic E-state index is 13.2. The summed E-state index contributed by atoms with van der Waals surface area (Å²) in [5.41, 5.74) is 1.80. The van der Waals surface area contributed by atoms with Crippen molar-refractivity contribution in [2.24, 2.45) is 0 Å². The van der Waals surface area contributed by atoms with E-state index in [4.69, 9.17) is 17.0 Å². The van der Waals surface area contributed by atoms with Crippen molar-refractivity contribution in [1.29, 1.82) is 5.41 Å². The van der Waals surface area contributed by atoms with Crippen molar-refractivity contribution in [3.8, 4) is 0 Å². The topological polar surface area (TPSA) is 93.6 Å². The van der Waals surface area contributed by atoms with Crippen LogP contribution in [0.2, 0.25) is 0 Å². The number of carbonyl (C=O) groups excluding carboxylic acids is 3. The average Bonchev–Trinajstić information content (AvgIpc) is 3.47. The fourth-order valence-corrected chi connectivity index (χ4v) is 5.05. The van der Waals surface area contributed by atoms with Crippen LogP contribution in [-0.2, 0) is 4.79 Å². The lowest BCUT2D eigenvalue weighted by Crippen LogP contribution is -2.29. The second-order valence-corrected chi connectivity index (χ2v) is 10.6. The molecule has 0 saturated carbocycles. The van der Waals surface area contributed by atoms with E-state index in [9.17, 15) is 14.4 Å². The highest BCUT2D eigenvalue weighted by atomic mass is 35.5. The predicted octanol–water partition coefficient (Wildman–Crippen LogP) is 6.48. The van der Waals surface area contributed by atoms with Gasteiger partial charge in [-0.3, -0.25) is 19.8 Å². The average molecular weight is 559 g/mol. The fraction of sp³-hybridized carbons (Fsp3) is 0.448. The van der Waals surface area contributed by atoms with Crippen molar-refractivity contribution in [3.63, 3.8) is 0 Å². The minimum Gasteiger partial charge on any atom is -0.361 e. The number of benzene rings is 1. The van der Waals surface area contributed by atoms with Crippen molar-refractivity contribution in [2.75, 3.05) is 37.2 Å². The highest BCUT2D eigenvalue weighted by Crippen LogP contribution is 2.24. The molecule has 0 aromatic heterocycles. The Balaban J connectivity index is 2.01. The number of aldehydes is 1. The first-order valence-electron chi connectivity index (χ1n) is 13.0. The molecular weight excluding hydrogens is 520 g/mol. The zero-order valence-electron chi connectivity index (χ0n) is 22.6. The van der Waals surface area contributed by atoms with Crippen LogP contribution >= 0.6 is 23.4 Å². The summed E-state index contributed by atoms with van der Waals surface area (Å²) in [7, 11) is 1.71. The largest absolute Gasteiger partial charge is 0.361 e. The molecule has 1 aliphatic rings. The number of hydrogen-bond donors (Lipinski definition) is 2. The standard InChI is InChI=1S/C29H39ClN4O3S/c1-4-11-22(12-6-7-15-27(31)34-17-8-9-18-34)16-19-33(3)29(37)23-13-10-14-25(24(23)20-35)32-28(36)26(5-2)38-21-30/h5-6,10-14,20,31H,4,7-9,15-19,21H2,1-3H3,(H,32,36)/b12-6-,22-11+,26-5-,31-27?. The maximum absolute atomic E-state index is 13.2. The van der Waals surface area contributed by atoms with Crippen LogP contribution in [0, 0.1) is 5.41 Å². The summed E-state index contributed by atoms with van der Waals surface area (Å²) in [5, 5.41) is 11.2. The zero-order chi connectivity index (χ0) is 27.9. The van der Waals surface area contributed by atoms with E-state index < -0.39 is 0 Å². The third-order valence-electron chi connectivity index (χ3n) is 6.32. The predicted molar refractivity (Wildman–Crippen MR) is 159 cm³/mol. The lowest BCUT2D eigenvalue weighted by molar-refractivity contribution is -0.112. The number of hydrogen-bond acceptors (Lipinski definition) is 5. The van der Waals surface area contributed by atoms with Crippen LogP contribution < -0.4 is 5.32 Å². The third-order valence-corrected chi connectivity index (χ3v) is 7.48. The van der Waals surface area contributed by atoms with Gasteiger partial charge in [0.2, 0.25) is 0 Å². The van der Waals surface area contributed by atoms with E-state index in [-0.39, 0.29) is 33.8 Å². The molecule has 2 amide bonds. The molecule has 0 unspecified atom stereocenters. The number of carbonyl (C=O) groups is 3. The molecule has 9 heteroatoms. The van der Waals surface area contributed by atoms with Crippen LogP contribution in [0.3, 0.4) is 0 Å². The highest BCUT2D eigenvalue weighted by molar-refractivity contribution is 8.05. The Morgan fingerprint density at radius 3 is 2.61 bits per heavy atom. The smallest absolute Gasteiger partial charge is 0.261 e. The van der Waals surface area contributed by atoms with Crippen molar-refractivity contribution >= 4 is 53.0 Å². The summed E-state index contributed by atoms with van der Waals surface area (Å²) in [5.74, 6) is 0.0435. The van der Waals surface area contributed by atoms with Crippen LogP contribution in [0.4, 0.5) is 5.69 Å². The van der Waals surface area contributed by atoms with Gasteiger partial charge in [0.25, 0.3) is 11.8 Å². The van der Waals surface area contributed by atoms with E-state index in [0.29, 0.717) is 30.0 Å². The Morgan fingerprint density at radius 1 is 1.24 bits per heavy atom. The van der Waals surface area contributed by atoms with Crippen molar-refractivity contribution < 1.29 is 14.4 Å². The number of likely N-dealkylation sites (tertiary alicyclic amines) is 1. The molecule has 7 nitrogen and oxygen atoms in total. The number of halogens is 1. The van der Waals surface area contributed by atoms with E-state index in [0.717, 1.165) is 37.9 Å². The first kappa shape index (κ1) is 31.4. The van der Waals surface area contributed by atoms with Gasteiger partial charge in [-0.25, -0.2) is 0 Å². The number of nitrogens with one attached hydrogen (secondary N) is 2. The van der Waals surface area contributed by atoms with E-state index in [1.54, 1.807) is 43.1 Å². The molecule has 1 aromatic rings. The number of alkyl halides is 1. The number of amides is 2. The minimum absolute atomic E-state index is 0.147. The Hall–Kier alpha value is -2.84. The van der Waals surface area contributed by atoms with Gasteiger partial charge in [0.05, 0.1) is 32.8 Å². The van der Waals surface area contributed by atoms with Crippen LogP contribution in [0.1, 0.15) is 73.1 Å². The van der Waals surface area contributed by atoms with Gasteiger partial charge >= 0.3 is 0 Å². The molecule has 1 aromatic carbocycles. The number of allylic oxidation sites excluding steroid dienone is 4. The molecule has 2 N–H and O–H groups in total. The summed E-state index contributed by atoms with van der Waals surface area (Å²) < 4.78 is 0. The monoisotopic (exact) mass is 558 g/mol. The van der Waals surface area contributed by atoms with Crippen LogP contribution in [-0.4, -0.2) is 65.6 Å². The lowest BCUT2D eigenvalue weighted by atomic mass is 10.0. The molecule has 0 bridgehead atoms. The highest BCUT2D eigenvalue weighted by Gasteiger charge is 2.20. The molecule has 2 rings (SSSR count). The molecule has 0 atom stereocenters. The molecule has 0 spiro atoms. The third kappa shape index (κ3) is 9.48. The Kier molecular flexibility index (Phi) is 13.9. The summed E-state index contributed by atoms with van der Waals surface area (Å²) in [6.45, 7) is 6.28. The van der Waals surface area contributed by atoms with Gasteiger partial charge in [0.15, 0.2) is 6.29 Å². The number of amidine groups is 1. The van der Waals surface area contributed by atoms with E-state index in [1.807, 2.05) is 0 Å². The molecule has 1 fully saturated rings. The van der Waals surface area contributed by atoms with Gasteiger partial charge in [-0.15, -0.1) is 23.4 Å². The normalized spacial score (nSPS) is 14.2. The van der Waals surface area contributed by atoms with Gasteiger partial charge in [-0.2, -0.15) is 0 Å². The fourth-order valence-electron chi connectivity index (χ4n) is 4.23. The van der Waals surface area contributed by atoms with E-state index in [2.05, 4.69) is 35.4 Å². The van der Waals surface area contributed by atoms with Gasteiger partial charge < -0.3 is 15.1 Å². The second-order valence-electron chi connectivity index (χ2n) is 8.99. The Labute approximate surface area is 235 Å². The van der Waals surface area contributed by atoms with Gasteiger partial charge in [0, 0.05) is 33.1 Å². The summed E-state index contributed by atoms with van der Waals surface area (Å²) >= 11 is 6.93. The molecule has 1 saturated heterocycles. The van der Waals surface area contributed by atoms with E-state index >= 15 is 0 Å². The van der Waals surface area contributed by atoms with E-state index in [1.165, 1.54) is 24.6 Å². The van der Waals surface area contributed by atoms with Crippen LogP contribution in [0.5, 0.6) is 0 Å². The van der Waals surface area contributed by atoms with Crippen molar-refractivity contribution in [3.05, 3.63) is 64.1 Å². The minimum atomic E-state index is -0.379. The second kappa shape index (κ2) is 16.9. The van der Waals surface area contributed by atoms with Crippen molar-refractivity contribution in [2.45, 2.75) is 52.4 Å². The maximum Gasteiger partial charge on any atom is 0.261 e. The molecule has 206 valence electrons. The first-order chi connectivity index (χ1) is 18.4. The molecule has 0 radical (unpaired) electrons. The summed E-state index contributed by atoms with van der Waals surface area (Å²) in [4.78, 5) is 41.9. The summed E-state index contributed by atoms with van der Waals surface area (Å²) in [6, 6.07) is 4.85. The van der Waals surface area contributed by atoms with Gasteiger partial charge in [0.1, 0.15) is 0 Å². The number of thioether (sulfide) groups is 1. The Bertz CT molecular complexity index is 1080. The zero-order valence-corrected chi connectivity index (χ0v) is 24.2. The first-order valence-corrected chi connectivity index (χ1v) is 14.6. The van der Waals surface area contributed by atoms with Gasteiger partial charge in [-0.05, 0) is 51.2 Å². The Morgan fingerprint density at radius 2 is 1.97 bits per heavy atom. The molecule has 0 aliphatic carbocycles. The lowest BCUT2D eigenvalue weighted by Gasteiger charge is -2.20. The number of nitrogens with zero attached hydrogens (tertiary/aromatic N) is 2. The quantitative estimate of drug-likeness (QED) is 0.0680. The number of anilines is 1. The molecular formula is C29H39ClN4O3S. The SMILES string of the molecule is C/C=C(\SCCl)C(=O)Nc1cccc(C(=O)N(C)CCC(/C=C\CCC(=N)N2CCCC2)=C/CC)c1C=O. The molecule has 38 heavy (non-hydrogen) atoms. The molecule has 1 aliphatic heterocycles. The molecule has 1 heterocycles. The number of rotatable bonds is 14.